The zero-order chi connectivity index (χ0) is 23.3. The molecule has 1 N–H and O–H groups in total. The molecule has 0 atom stereocenters. The fourth-order valence-electron chi connectivity index (χ4n) is 3.58. The summed E-state index contributed by atoms with van der Waals surface area (Å²) in [4.78, 5) is 15.9. The molecule has 0 bridgehead atoms. The monoisotopic (exact) mass is 493 g/mol. The average Bonchev–Trinajstić information content (AvgIpc) is 2.85. The molecule has 172 valence electrons. The number of pyridine rings is 1. The number of hydrogen-bond donors (Lipinski definition) is 1. The van der Waals surface area contributed by atoms with Crippen LogP contribution < -0.4 is 15.0 Å². The first-order valence-corrected chi connectivity index (χ1v) is 11.5. The Kier molecular flexibility index (Phi) is 6.76. The Morgan fingerprint density at radius 2 is 1.71 bits per heavy atom. The van der Waals surface area contributed by atoms with Crippen molar-refractivity contribution >= 4 is 40.7 Å². The van der Waals surface area contributed by atoms with Crippen molar-refractivity contribution < 1.29 is 9.47 Å². The van der Waals surface area contributed by atoms with Crippen LogP contribution in [0.15, 0.2) is 73.1 Å². The quantitative estimate of drug-likeness (QED) is 0.341. The lowest BCUT2D eigenvalue weighted by Crippen LogP contribution is -2.37. The lowest BCUT2D eigenvalue weighted by molar-refractivity contribution is 0.122. The fourth-order valence-corrected chi connectivity index (χ4v) is 4.08. The normalized spacial score (nSPS) is 13.5. The van der Waals surface area contributed by atoms with Crippen molar-refractivity contribution in [2.24, 2.45) is 0 Å². The van der Waals surface area contributed by atoms with Gasteiger partial charge in [0, 0.05) is 41.0 Å². The minimum absolute atomic E-state index is 0.510. The molecule has 1 aliphatic rings. The number of ether oxygens (including phenoxy) is 2. The van der Waals surface area contributed by atoms with Crippen LogP contribution in [0.2, 0.25) is 10.0 Å². The van der Waals surface area contributed by atoms with E-state index >= 15 is 0 Å². The maximum Gasteiger partial charge on any atom is 0.228 e. The molecule has 34 heavy (non-hydrogen) atoms. The summed E-state index contributed by atoms with van der Waals surface area (Å²) >= 11 is 12.2. The van der Waals surface area contributed by atoms with Crippen molar-refractivity contribution in [3.8, 4) is 22.8 Å². The smallest absolute Gasteiger partial charge is 0.228 e. The summed E-state index contributed by atoms with van der Waals surface area (Å²) in [6.07, 6.45) is 3.48. The zero-order valence-electron chi connectivity index (χ0n) is 18.1. The van der Waals surface area contributed by atoms with Gasteiger partial charge in [0.05, 0.1) is 30.8 Å². The van der Waals surface area contributed by atoms with Crippen LogP contribution in [0.1, 0.15) is 0 Å². The van der Waals surface area contributed by atoms with Crippen molar-refractivity contribution in [3.05, 3.63) is 83.1 Å². The summed E-state index contributed by atoms with van der Waals surface area (Å²) in [5.74, 6) is 2.52. The molecule has 4 aromatic rings. The van der Waals surface area contributed by atoms with E-state index in [-0.39, 0.29) is 0 Å². The van der Waals surface area contributed by atoms with Crippen LogP contribution in [0.25, 0.3) is 11.3 Å². The zero-order valence-corrected chi connectivity index (χ0v) is 19.6. The second kappa shape index (κ2) is 10.3. The topological polar surface area (TPSA) is 72.4 Å². The predicted octanol–water partition coefficient (Wildman–Crippen LogP) is 6.22. The van der Waals surface area contributed by atoms with Gasteiger partial charge in [-0.3, -0.25) is 4.98 Å². The Bertz CT molecular complexity index is 1260. The summed E-state index contributed by atoms with van der Waals surface area (Å²) in [5, 5.41) is 4.35. The third-order valence-corrected chi connectivity index (χ3v) is 5.58. The molecule has 1 saturated heterocycles. The number of halogens is 2. The van der Waals surface area contributed by atoms with E-state index in [0.717, 1.165) is 30.0 Å². The Morgan fingerprint density at radius 3 is 2.47 bits per heavy atom. The molecule has 5 rings (SSSR count). The number of hydrogen-bond acceptors (Lipinski definition) is 7. The van der Waals surface area contributed by atoms with Gasteiger partial charge in [0.15, 0.2) is 0 Å². The summed E-state index contributed by atoms with van der Waals surface area (Å²) < 4.78 is 11.5. The molecule has 1 aliphatic heterocycles. The van der Waals surface area contributed by atoms with Gasteiger partial charge in [-0.2, -0.15) is 4.98 Å². The minimum Gasteiger partial charge on any atom is -0.457 e. The number of rotatable bonds is 6. The van der Waals surface area contributed by atoms with E-state index in [1.54, 1.807) is 30.6 Å². The van der Waals surface area contributed by atoms with Gasteiger partial charge in [-0.05, 0) is 42.5 Å². The maximum atomic E-state index is 6.11. The molecular formula is C25H21Cl2N5O2. The second-order valence-corrected chi connectivity index (χ2v) is 8.51. The van der Waals surface area contributed by atoms with Gasteiger partial charge in [0.25, 0.3) is 0 Å². The van der Waals surface area contributed by atoms with E-state index in [1.165, 1.54) is 0 Å². The van der Waals surface area contributed by atoms with E-state index in [2.05, 4.69) is 15.2 Å². The molecule has 0 unspecified atom stereocenters. The Hall–Kier alpha value is -3.39. The highest BCUT2D eigenvalue weighted by Gasteiger charge is 2.17. The van der Waals surface area contributed by atoms with E-state index in [4.69, 9.17) is 42.6 Å². The van der Waals surface area contributed by atoms with Gasteiger partial charge >= 0.3 is 0 Å². The SMILES string of the molecule is Clc1cc(Cl)cc(Oc2cccc(-c3cc(Nc4cccnc4)nc(N4CCOCC4)n3)c2)c1. The highest BCUT2D eigenvalue weighted by Crippen LogP contribution is 2.32. The number of aromatic nitrogens is 3. The first-order valence-electron chi connectivity index (χ1n) is 10.8. The van der Waals surface area contributed by atoms with Gasteiger partial charge in [-0.1, -0.05) is 35.3 Å². The van der Waals surface area contributed by atoms with Crippen molar-refractivity contribution in [2.45, 2.75) is 0 Å². The van der Waals surface area contributed by atoms with Crippen molar-refractivity contribution in [1.82, 2.24) is 15.0 Å². The summed E-state index contributed by atoms with van der Waals surface area (Å²) in [6.45, 7) is 2.75. The van der Waals surface area contributed by atoms with Gasteiger partial charge in [-0.15, -0.1) is 0 Å². The minimum atomic E-state index is 0.510. The summed E-state index contributed by atoms with van der Waals surface area (Å²) in [6, 6.07) is 18.5. The highest BCUT2D eigenvalue weighted by atomic mass is 35.5. The lowest BCUT2D eigenvalue weighted by Gasteiger charge is -2.27. The molecular weight excluding hydrogens is 473 g/mol. The Labute approximate surface area is 207 Å². The maximum absolute atomic E-state index is 6.11. The van der Waals surface area contributed by atoms with E-state index in [1.807, 2.05) is 42.5 Å². The summed E-state index contributed by atoms with van der Waals surface area (Å²) in [7, 11) is 0. The third-order valence-electron chi connectivity index (χ3n) is 5.14. The van der Waals surface area contributed by atoms with Gasteiger partial charge < -0.3 is 19.7 Å². The molecule has 0 amide bonds. The first-order chi connectivity index (χ1) is 16.6. The van der Waals surface area contributed by atoms with Crippen LogP contribution in [0, 0.1) is 0 Å². The number of nitrogens with zero attached hydrogens (tertiary/aromatic N) is 4. The van der Waals surface area contributed by atoms with Gasteiger partial charge in [0.2, 0.25) is 5.95 Å². The number of benzene rings is 2. The van der Waals surface area contributed by atoms with E-state index in [9.17, 15) is 0 Å². The van der Waals surface area contributed by atoms with Crippen LogP contribution in [0.4, 0.5) is 17.5 Å². The van der Waals surface area contributed by atoms with Crippen molar-refractivity contribution in [2.75, 3.05) is 36.5 Å². The van der Waals surface area contributed by atoms with Crippen LogP contribution in [-0.4, -0.2) is 41.3 Å². The van der Waals surface area contributed by atoms with Crippen LogP contribution in [0.5, 0.6) is 11.5 Å². The largest absolute Gasteiger partial charge is 0.457 e. The fraction of sp³-hybridized carbons (Fsp3) is 0.160. The molecule has 0 radical (unpaired) electrons. The molecule has 7 nitrogen and oxygen atoms in total. The molecule has 0 spiro atoms. The first kappa shape index (κ1) is 22.4. The van der Waals surface area contributed by atoms with E-state index in [0.29, 0.717) is 46.5 Å². The highest BCUT2D eigenvalue weighted by molar-refractivity contribution is 6.34. The molecule has 0 aliphatic carbocycles. The average molecular weight is 494 g/mol. The molecule has 0 saturated carbocycles. The lowest BCUT2D eigenvalue weighted by atomic mass is 10.1. The molecule has 2 aromatic heterocycles. The summed E-state index contributed by atoms with van der Waals surface area (Å²) in [5.41, 5.74) is 2.49. The van der Waals surface area contributed by atoms with Gasteiger partial charge in [0.1, 0.15) is 17.3 Å². The van der Waals surface area contributed by atoms with Crippen molar-refractivity contribution in [3.63, 3.8) is 0 Å². The number of nitrogens with one attached hydrogen (secondary N) is 1. The Balaban J connectivity index is 1.49. The number of morpholine rings is 1. The van der Waals surface area contributed by atoms with E-state index < -0.39 is 0 Å². The van der Waals surface area contributed by atoms with Gasteiger partial charge in [-0.25, -0.2) is 4.98 Å². The van der Waals surface area contributed by atoms with Crippen molar-refractivity contribution in [1.29, 1.82) is 0 Å². The number of anilines is 3. The standard InChI is InChI=1S/C25H21Cl2N5O2/c26-18-12-19(27)14-22(13-18)34-21-5-1-3-17(11-21)23-15-24(29-20-4-2-6-28-16-20)31-25(30-23)32-7-9-33-10-8-32/h1-6,11-16H,7-10H2,(H,29,30,31). The van der Waals surface area contributed by atoms with Crippen LogP contribution in [0.3, 0.4) is 0 Å². The predicted molar refractivity (Wildman–Crippen MR) is 135 cm³/mol. The van der Waals surface area contributed by atoms with Crippen LogP contribution in [-0.2, 0) is 4.74 Å². The van der Waals surface area contributed by atoms with Crippen LogP contribution >= 0.6 is 23.2 Å². The molecule has 3 heterocycles. The molecule has 1 fully saturated rings. The molecule has 2 aromatic carbocycles. The second-order valence-electron chi connectivity index (χ2n) is 7.64. The molecule has 9 heteroatoms. The Morgan fingerprint density at radius 1 is 0.882 bits per heavy atom. The third kappa shape index (κ3) is 5.56.